The Morgan fingerprint density at radius 3 is 2.12 bits per heavy atom. The molecule has 2 heterocycles. The molecule has 1 fully saturated rings. The van der Waals surface area contributed by atoms with Crippen LogP contribution in [-0.4, -0.2) is 51.0 Å². The highest BCUT2D eigenvalue weighted by atomic mass is 16.5. The standard InChI is InChI=1S/C26H31N3O3/c1-17-14-18(2)16-28(15-17)24-23(21-8-6-7-9-22(21)32-5)25(30)29(26(24)31)20-12-10-19(11-13-20)27(3)4/h6-13,17-18H,14-16H2,1-5H3. The third-order valence-electron chi connectivity index (χ3n) is 6.25. The molecule has 32 heavy (non-hydrogen) atoms. The average molecular weight is 434 g/mol. The van der Waals surface area contributed by atoms with Crippen molar-refractivity contribution in [2.75, 3.05) is 44.1 Å². The van der Waals surface area contributed by atoms with Gasteiger partial charge in [0.1, 0.15) is 11.4 Å². The Hall–Kier alpha value is -3.28. The predicted octanol–water partition coefficient (Wildman–Crippen LogP) is 4.02. The molecule has 6 heteroatoms. The number of benzene rings is 2. The van der Waals surface area contributed by atoms with E-state index in [2.05, 4.69) is 18.7 Å². The van der Waals surface area contributed by atoms with Crippen LogP contribution in [0.3, 0.4) is 0 Å². The van der Waals surface area contributed by atoms with Crippen LogP contribution in [0.1, 0.15) is 25.8 Å². The number of carbonyl (C=O) groups is 2. The van der Waals surface area contributed by atoms with Crippen LogP contribution in [0.15, 0.2) is 54.2 Å². The maximum absolute atomic E-state index is 13.8. The number of imide groups is 1. The number of ether oxygens (including phenoxy) is 1. The van der Waals surface area contributed by atoms with E-state index in [0.717, 1.165) is 25.2 Å². The summed E-state index contributed by atoms with van der Waals surface area (Å²) in [5, 5.41) is 0. The maximum atomic E-state index is 13.8. The molecule has 2 amide bonds. The molecular weight excluding hydrogens is 402 g/mol. The van der Waals surface area contributed by atoms with Crippen LogP contribution >= 0.6 is 0 Å². The summed E-state index contributed by atoms with van der Waals surface area (Å²) < 4.78 is 5.56. The first-order chi connectivity index (χ1) is 15.3. The molecule has 4 rings (SSSR count). The zero-order valence-electron chi connectivity index (χ0n) is 19.5. The minimum absolute atomic E-state index is 0.269. The van der Waals surface area contributed by atoms with E-state index in [0.29, 0.717) is 40.1 Å². The van der Waals surface area contributed by atoms with Crippen LogP contribution in [0.4, 0.5) is 11.4 Å². The van der Waals surface area contributed by atoms with Gasteiger partial charge in [0.25, 0.3) is 11.8 Å². The summed E-state index contributed by atoms with van der Waals surface area (Å²) in [6.45, 7) is 5.91. The van der Waals surface area contributed by atoms with Gasteiger partial charge in [0.05, 0.1) is 18.4 Å². The lowest BCUT2D eigenvalue weighted by atomic mass is 9.91. The smallest absolute Gasteiger partial charge is 0.282 e. The van der Waals surface area contributed by atoms with Gasteiger partial charge in [-0.2, -0.15) is 0 Å². The highest BCUT2D eigenvalue weighted by molar-refractivity contribution is 6.45. The molecular formula is C26H31N3O3. The number of amides is 2. The Labute approximate surface area is 190 Å². The zero-order chi connectivity index (χ0) is 23.0. The Bertz CT molecular complexity index is 1050. The van der Waals surface area contributed by atoms with Gasteiger partial charge in [-0.25, -0.2) is 4.90 Å². The van der Waals surface area contributed by atoms with Crippen molar-refractivity contribution in [3.63, 3.8) is 0 Å². The van der Waals surface area contributed by atoms with Gasteiger partial charge in [0, 0.05) is 38.4 Å². The lowest BCUT2D eigenvalue weighted by Crippen LogP contribution is -2.42. The number of carbonyl (C=O) groups excluding carboxylic acids is 2. The topological polar surface area (TPSA) is 53.1 Å². The summed E-state index contributed by atoms with van der Waals surface area (Å²) >= 11 is 0. The van der Waals surface area contributed by atoms with E-state index >= 15 is 0 Å². The van der Waals surface area contributed by atoms with Crippen LogP contribution in [0.25, 0.3) is 5.57 Å². The lowest BCUT2D eigenvalue weighted by Gasteiger charge is -2.37. The van der Waals surface area contributed by atoms with Crippen molar-refractivity contribution in [1.82, 2.24) is 4.90 Å². The van der Waals surface area contributed by atoms with Crippen LogP contribution in [0, 0.1) is 11.8 Å². The van der Waals surface area contributed by atoms with E-state index in [1.54, 1.807) is 7.11 Å². The van der Waals surface area contributed by atoms with Gasteiger partial charge in [-0.05, 0) is 48.6 Å². The molecule has 2 aliphatic rings. The Kier molecular flexibility index (Phi) is 5.96. The van der Waals surface area contributed by atoms with E-state index in [1.165, 1.54) is 4.90 Å². The van der Waals surface area contributed by atoms with Gasteiger partial charge in [-0.3, -0.25) is 9.59 Å². The molecule has 168 valence electrons. The van der Waals surface area contributed by atoms with E-state index in [-0.39, 0.29) is 11.8 Å². The predicted molar refractivity (Wildman–Crippen MR) is 128 cm³/mol. The number of piperidine rings is 1. The number of hydrogen-bond donors (Lipinski definition) is 0. The molecule has 2 aliphatic heterocycles. The molecule has 1 saturated heterocycles. The highest BCUT2D eigenvalue weighted by Crippen LogP contribution is 2.40. The average Bonchev–Trinajstić information content (AvgIpc) is 3.03. The quantitative estimate of drug-likeness (QED) is 0.667. The first-order valence-corrected chi connectivity index (χ1v) is 11.1. The van der Waals surface area contributed by atoms with Crippen molar-refractivity contribution < 1.29 is 14.3 Å². The third kappa shape index (κ3) is 3.85. The van der Waals surface area contributed by atoms with Crippen molar-refractivity contribution in [3.05, 3.63) is 59.8 Å². The van der Waals surface area contributed by atoms with Crippen LogP contribution in [0.5, 0.6) is 5.75 Å². The fourth-order valence-corrected chi connectivity index (χ4v) is 4.89. The summed E-state index contributed by atoms with van der Waals surface area (Å²) in [6, 6.07) is 14.9. The molecule has 0 radical (unpaired) electrons. The van der Waals surface area contributed by atoms with E-state index in [1.807, 2.05) is 67.5 Å². The van der Waals surface area contributed by atoms with Gasteiger partial charge < -0.3 is 14.5 Å². The second kappa shape index (κ2) is 8.69. The van der Waals surface area contributed by atoms with Gasteiger partial charge in [0.15, 0.2) is 0 Å². The second-order valence-electron chi connectivity index (χ2n) is 9.13. The summed E-state index contributed by atoms with van der Waals surface area (Å²) in [6.07, 6.45) is 1.12. The Morgan fingerprint density at radius 1 is 0.906 bits per heavy atom. The SMILES string of the molecule is COc1ccccc1C1=C(N2CC(C)CC(C)C2)C(=O)N(c2ccc(N(C)C)cc2)C1=O. The zero-order valence-corrected chi connectivity index (χ0v) is 19.5. The number of methoxy groups -OCH3 is 1. The van der Waals surface area contributed by atoms with Crippen LogP contribution < -0.4 is 14.5 Å². The molecule has 0 N–H and O–H groups in total. The molecule has 0 aromatic heterocycles. The number of rotatable bonds is 5. The fourth-order valence-electron chi connectivity index (χ4n) is 4.89. The van der Waals surface area contributed by atoms with Gasteiger partial charge >= 0.3 is 0 Å². The number of nitrogens with zero attached hydrogens (tertiary/aromatic N) is 3. The molecule has 2 unspecified atom stereocenters. The van der Waals surface area contributed by atoms with Gasteiger partial charge in [-0.15, -0.1) is 0 Å². The molecule has 0 saturated carbocycles. The largest absolute Gasteiger partial charge is 0.496 e. The molecule has 6 nitrogen and oxygen atoms in total. The molecule has 0 spiro atoms. The first-order valence-electron chi connectivity index (χ1n) is 11.1. The van der Waals surface area contributed by atoms with Crippen LogP contribution in [0.2, 0.25) is 0 Å². The molecule has 2 aromatic rings. The number of hydrogen-bond acceptors (Lipinski definition) is 5. The lowest BCUT2D eigenvalue weighted by molar-refractivity contribution is -0.120. The van der Waals surface area contributed by atoms with Crippen molar-refractivity contribution in [1.29, 1.82) is 0 Å². The number of anilines is 2. The summed E-state index contributed by atoms with van der Waals surface area (Å²) in [5.41, 5.74) is 3.14. The minimum Gasteiger partial charge on any atom is -0.496 e. The Balaban J connectivity index is 1.83. The second-order valence-corrected chi connectivity index (χ2v) is 9.13. The molecule has 2 aromatic carbocycles. The van der Waals surface area contributed by atoms with E-state index in [4.69, 9.17) is 4.74 Å². The summed E-state index contributed by atoms with van der Waals surface area (Å²) in [4.78, 5) is 33.0. The van der Waals surface area contributed by atoms with Crippen LogP contribution in [-0.2, 0) is 9.59 Å². The van der Waals surface area contributed by atoms with Crippen molar-refractivity contribution >= 4 is 28.8 Å². The normalized spacial score (nSPS) is 21.4. The molecule has 0 bridgehead atoms. The van der Waals surface area contributed by atoms with Crippen molar-refractivity contribution in [2.24, 2.45) is 11.8 Å². The Morgan fingerprint density at radius 2 is 1.53 bits per heavy atom. The monoisotopic (exact) mass is 433 g/mol. The van der Waals surface area contributed by atoms with Gasteiger partial charge in [-0.1, -0.05) is 32.0 Å². The summed E-state index contributed by atoms with van der Waals surface area (Å²) in [5.74, 6) is 0.903. The first kappa shape index (κ1) is 21.9. The maximum Gasteiger partial charge on any atom is 0.282 e. The van der Waals surface area contributed by atoms with Crippen molar-refractivity contribution in [2.45, 2.75) is 20.3 Å². The van der Waals surface area contributed by atoms with E-state index < -0.39 is 0 Å². The third-order valence-corrected chi connectivity index (χ3v) is 6.25. The molecule has 2 atom stereocenters. The fraction of sp³-hybridized carbons (Fsp3) is 0.385. The summed E-state index contributed by atoms with van der Waals surface area (Å²) in [7, 11) is 5.50. The van der Waals surface area contributed by atoms with Gasteiger partial charge in [0.2, 0.25) is 0 Å². The highest BCUT2D eigenvalue weighted by Gasteiger charge is 2.44. The minimum atomic E-state index is -0.307. The molecule has 0 aliphatic carbocycles. The van der Waals surface area contributed by atoms with Crippen molar-refractivity contribution in [3.8, 4) is 5.75 Å². The number of para-hydroxylation sites is 1. The van der Waals surface area contributed by atoms with E-state index in [9.17, 15) is 9.59 Å². The number of likely N-dealkylation sites (tertiary alicyclic amines) is 1.